The lowest BCUT2D eigenvalue weighted by Crippen LogP contribution is -2.45. The summed E-state index contributed by atoms with van der Waals surface area (Å²) in [5, 5.41) is 23.1. The minimum atomic E-state index is -0.841. The van der Waals surface area contributed by atoms with Gasteiger partial charge in [-0.3, -0.25) is 9.59 Å². The fourth-order valence-corrected chi connectivity index (χ4v) is 11.3. The van der Waals surface area contributed by atoms with Gasteiger partial charge in [-0.05, 0) is 83.5 Å². The molecule has 2 atom stereocenters. The highest BCUT2D eigenvalue weighted by Crippen LogP contribution is 2.18. The molecule has 0 aromatic carbocycles. The third-order valence-corrected chi connectivity index (χ3v) is 16.8. The molecule has 476 valence electrons. The Balaban J connectivity index is 3.34. The second kappa shape index (κ2) is 70.3. The molecule has 0 aromatic heterocycles. The molecule has 6 nitrogen and oxygen atoms in total. The molecule has 0 aliphatic carbocycles. The maximum atomic E-state index is 12.5. The molecule has 0 rings (SSSR count). The molecule has 0 fully saturated rings. The van der Waals surface area contributed by atoms with Gasteiger partial charge in [0.25, 0.3) is 0 Å². The van der Waals surface area contributed by atoms with Gasteiger partial charge < -0.3 is 20.3 Å². The molecule has 0 aliphatic heterocycles. The molecule has 0 spiro atoms. The van der Waals surface area contributed by atoms with Crippen molar-refractivity contribution in [3.8, 4) is 0 Å². The predicted molar refractivity (Wildman–Crippen MR) is 356 cm³/mol. The van der Waals surface area contributed by atoms with Gasteiger partial charge in [-0.1, -0.05) is 345 Å². The van der Waals surface area contributed by atoms with Crippen molar-refractivity contribution in [2.24, 2.45) is 0 Å². The van der Waals surface area contributed by atoms with Gasteiger partial charge >= 0.3 is 5.97 Å². The van der Waals surface area contributed by atoms with Crippen molar-refractivity contribution in [1.82, 2.24) is 5.32 Å². The summed E-state index contributed by atoms with van der Waals surface area (Å²) in [6.07, 6.45) is 92.2. The van der Waals surface area contributed by atoms with Gasteiger partial charge in [-0.25, -0.2) is 0 Å². The van der Waals surface area contributed by atoms with Crippen LogP contribution >= 0.6 is 0 Å². The number of carbonyl (C=O) groups excluding carboxylic acids is 2. The van der Waals surface area contributed by atoms with Crippen LogP contribution in [0.4, 0.5) is 0 Å². The van der Waals surface area contributed by atoms with Crippen molar-refractivity contribution in [2.75, 3.05) is 13.2 Å². The minimum Gasteiger partial charge on any atom is -0.466 e. The van der Waals surface area contributed by atoms with Gasteiger partial charge in [-0.15, -0.1) is 0 Å². The smallest absolute Gasteiger partial charge is 0.305 e. The molecule has 0 aliphatic rings. The summed E-state index contributed by atoms with van der Waals surface area (Å²) >= 11 is 0. The molecule has 0 bridgehead atoms. The number of hydrogen-bond donors (Lipinski definition) is 3. The first-order valence-corrected chi connectivity index (χ1v) is 36.4. The lowest BCUT2D eigenvalue weighted by atomic mass is 10.0. The van der Waals surface area contributed by atoms with Crippen molar-refractivity contribution in [3.05, 3.63) is 48.6 Å². The third-order valence-electron chi connectivity index (χ3n) is 16.8. The molecule has 0 saturated carbocycles. The number of amides is 1. The Morgan fingerprint density at radius 1 is 0.346 bits per heavy atom. The van der Waals surface area contributed by atoms with Crippen LogP contribution < -0.4 is 5.32 Å². The molecule has 3 N–H and O–H groups in total. The zero-order valence-electron chi connectivity index (χ0n) is 54.5. The Morgan fingerprint density at radius 3 is 1.00 bits per heavy atom. The molecule has 81 heavy (non-hydrogen) atoms. The zero-order valence-corrected chi connectivity index (χ0v) is 54.5. The molecule has 0 aromatic rings. The van der Waals surface area contributed by atoms with E-state index >= 15 is 0 Å². The Kier molecular flexibility index (Phi) is 68.4. The minimum absolute atomic E-state index is 0.00582. The van der Waals surface area contributed by atoms with Crippen LogP contribution in [0, 0.1) is 0 Å². The van der Waals surface area contributed by atoms with Crippen LogP contribution in [0.1, 0.15) is 393 Å². The number of esters is 1. The lowest BCUT2D eigenvalue weighted by molar-refractivity contribution is -0.143. The van der Waals surface area contributed by atoms with Gasteiger partial charge in [-0.2, -0.15) is 0 Å². The molecule has 0 heterocycles. The molecular weight excluding hydrogens is 995 g/mol. The van der Waals surface area contributed by atoms with Gasteiger partial charge in [0.2, 0.25) is 5.91 Å². The highest BCUT2D eigenvalue weighted by atomic mass is 16.5. The Morgan fingerprint density at radius 2 is 0.642 bits per heavy atom. The summed E-state index contributed by atoms with van der Waals surface area (Å²) in [6.45, 7) is 4.86. The Hall–Kier alpha value is -2.18. The SMILES string of the molecule is CCC/C=C\C/C=C\CCCCCCCC(=O)OCCCCCCCCCCCCCCCCCC/C=C\CCCCCCCCCCCCCCCCCCCC(=O)NC(CO)C(O)/C=C/CCCCCCCCCCCCCC. The monoisotopic (exact) mass is 1140 g/mol. The average Bonchev–Trinajstić information content (AvgIpc) is 3.47. The second-order valence-electron chi connectivity index (χ2n) is 24.9. The van der Waals surface area contributed by atoms with Crippen molar-refractivity contribution in [3.63, 3.8) is 0 Å². The standard InChI is InChI=1S/C75H141NO5/c1-3-5-7-9-11-13-15-17-44-47-51-55-59-63-67-73(78)72(71-77)76-74(79)68-64-60-56-52-48-45-41-39-37-35-33-31-29-27-25-23-21-19-18-20-22-24-26-28-30-32-34-36-38-40-42-46-50-54-58-62-66-70-81-75(80)69-65-61-57-53-49-43-16-14-12-10-8-6-4-2/h8,10,14,16,18,20,63,67,72-73,77-78H,3-7,9,11-13,15,17,19,21-62,64-66,68-71H2,1-2H3,(H,76,79)/b10-8-,16-14-,20-18-,67-63+. The highest BCUT2D eigenvalue weighted by molar-refractivity contribution is 5.76. The van der Waals surface area contributed by atoms with Crippen molar-refractivity contribution >= 4 is 11.9 Å². The molecule has 2 unspecified atom stereocenters. The number of carbonyl (C=O) groups is 2. The number of ether oxygens (including phenoxy) is 1. The first-order chi connectivity index (χ1) is 40.0. The number of aliphatic hydroxyl groups is 2. The fraction of sp³-hybridized carbons (Fsp3) is 0.867. The normalized spacial score (nSPS) is 12.8. The maximum Gasteiger partial charge on any atom is 0.305 e. The number of rotatable bonds is 68. The molecule has 6 heteroatoms. The van der Waals surface area contributed by atoms with E-state index in [0.29, 0.717) is 19.4 Å². The van der Waals surface area contributed by atoms with Crippen LogP contribution in [0.25, 0.3) is 0 Å². The average molecular weight is 1140 g/mol. The number of aliphatic hydroxyl groups excluding tert-OH is 2. The van der Waals surface area contributed by atoms with Crippen LogP contribution in [0.15, 0.2) is 48.6 Å². The summed E-state index contributed by atoms with van der Waals surface area (Å²) in [4.78, 5) is 24.5. The lowest BCUT2D eigenvalue weighted by Gasteiger charge is -2.20. The zero-order chi connectivity index (χ0) is 58.5. The second-order valence-corrected chi connectivity index (χ2v) is 24.9. The summed E-state index contributed by atoms with van der Waals surface area (Å²) in [5.74, 6) is -0.0566. The summed E-state index contributed by atoms with van der Waals surface area (Å²) in [5.41, 5.74) is 0. The van der Waals surface area contributed by atoms with E-state index in [1.807, 2.05) is 6.08 Å². The molecule has 1 amide bonds. The highest BCUT2D eigenvalue weighted by Gasteiger charge is 2.18. The molecular formula is C75H141NO5. The van der Waals surface area contributed by atoms with Crippen molar-refractivity contribution in [2.45, 2.75) is 405 Å². The number of allylic oxidation sites excluding steroid dienone is 7. The van der Waals surface area contributed by atoms with E-state index in [1.54, 1.807) is 6.08 Å². The number of nitrogens with one attached hydrogen (secondary N) is 1. The summed E-state index contributed by atoms with van der Waals surface area (Å²) in [6, 6.07) is -0.625. The van der Waals surface area contributed by atoms with Crippen LogP contribution in [0.5, 0.6) is 0 Å². The summed E-state index contributed by atoms with van der Waals surface area (Å²) < 4.78 is 5.48. The van der Waals surface area contributed by atoms with Gasteiger partial charge in [0.1, 0.15) is 0 Å². The maximum absolute atomic E-state index is 12.5. The van der Waals surface area contributed by atoms with E-state index in [2.05, 4.69) is 55.6 Å². The van der Waals surface area contributed by atoms with Gasteiger partial charge in [0.05, 0.1) is 25.4 Å². The van der Waals surface area contributed by atoms with Gasteiger partial charge in [0, 0.05) is 12.8 Å². The van der Waals surface area contributed by atoms with Crippen LogP contribution in [-0.4, -0.2) is 47.4 Å². The van der Waals surface area contributed by atoms with E-state index in [4.69, 9.17) is 4.74 Å². The van der Waals surface area contributed by atoms with E-state index in [-0.39, 0.29) is 18.5 Å². The van der Waals surface area contributed by atoms with E-state index in [0.717, 1.165) is 51.4 Å². The Bertz CT molecular complexity index is 1360. The van der Waals surface area contributed by atoms with Crippen molar-refractivity contribution in [1.29, 1.82) is 0 Å². The van der Waals surface area contributed by atoms with Crippen LogP contribution in [0.2, 0.25) is 0 Å². The first kappa shape index (κ1) is 78.8. The van der Waals surface area contributed by atoms with E-state index < -0.39 is 12.1 Å². The van der Waals surface area contributed by atoms with Gasteiger partial charge in [0.15, 0.2) is 0 Å². The molecule has 0 saturated heterocycles. The number of unbranched alkanes of at least 4 members (excludes halogenated alkanes) is 51. The van der Waals surface area contributed by atoms with Crippen molar-refractivity contribution < 1.29 is 24.5 Å². The summed E-state index contributed by atoms with van der Waals surface area (Å²) in [7, 11) is 0. The van der Waals surface area contributed by atoms with E-state index in [1.165, 1.54) is 315 Å². The van der Waals surface area contributed by atoms with E-state index in [9.17, 15) is 19.8 Å². The third kappa shape index (κ3) is 66.8. The number of hydrogen-bond acceptors (Lipinski definition) is 5. The Labute approximate surface area is 506 Å². The fourth-order valence-electron chi connectivity index (χ4n) is 11.3. The topological polar surface area (TPSA) is 95.9 Å². The van der Waals surface area contributed by atoms with Crippen LogP contribution in [-0.2, 0) is 14.3 Å². The first-order valence-electron chi connectivity index (χ1n) is 36.4. The predicted octanol–water partition coefficient (Wildman–Crippen LogP) is 23.6. The molecule has 0 radical (unpaired) electrons. The van der Waals surface area contributed by atoms with Crippen LogP contribution in [0.3, 0.4) is 0 Å². The largest absolute Gasteiger partial charge is 0.466 e. The quantitative estimate of drug-likeness (QED) is 0.0320.